The van der Waals surface area contributed by atoms with Crippen molar-refractivity contribution in [2.45, 2.75) is 45.3 Å². The molecule has 1 heterocycles. The van der Waals surface area contributed by atoms with Gasteiger partial charge < -0.3 is 14.8 Å². The van der Waals surface area contributed by atoms with Gasteiger partial charge in [-0.3, -0.25) is 0 Å². The predicted octanol–water partition coefficient (Wildman–Crippen LogP) is 3.31. The second-order valence-electron chi connectivity index (χ2n) is 5.03. The van der Waals surface area contributed by atoms with E-state index in [1.54, 1.807) is 0 Å². The van der Waals surface area contributed by atoms with Gasteiger partial charge in [-0.25, -0.2) is 0 Å². The molecule has 3 heteroatoms. The zero-order chi connectivity index (χ0) is 13.5. The van der Waals surface area contributed by atoms with Gasteiger partial charge in [0.25, 0.3) is 0 Å². The zero-order valence-electron chi connectivity index (χ0n) is 12.0. The van der Waals surface area contributed by atoms with E-state index in [1.165, 1.54) is 5.56 Å². The summed E-state index contributed by atoms with van der Waals surface area (Å²) in [5.74, 6) is 0.936. The normalized spacial score (nSPS) is 20.4. The highest BCUT2D eigenvalue weighted by molar-refractivity contribution is 5.29. The Hall–Kier alpha value is -1.06. The second kappa shape index (κ2) is 7.51. The van der Waals surface area contributed by atoms with Crippen molar-refractivity contribution in [3.63, 3.8) is 0 Å². The van der Waals surface area contributed by atoms with Crippen molar-refractivity contribution in [1.82, 2.24) is 5.32 Å². The van der Waals surface area contributed by atoms with E-state index in [4.69, 9.17) is 9.47 Å². The van der Waals surface area contributed by atoms with Gasteiger partial charge in [0.1, 0.15) is 12.4 Å². The van der Waals surface area contributed by atoms with Gasteiger partial charge in [0, 0.05) is 12.6 Å². The third-order valence-corrected chi connectivity index (χ3v) is 3.60. The first-order valence-electron chi connectivity index (χ1n) is 7.41. The van der Waals surface area contributed by atoms with E-state index in [9.17, 15) is 0 Å². The van der Waals surface area contributed by atoms with Crippen LogP contribution in [0.15, 0.2) is 24.3 Å². The molecule has 1 aromatic rings. The first-order valence-corrected chi connectivity index (χ1v) is 7.41. The van der Waals surface area contributed by atoms with Gasteiger partial charge in [-0.05, 0) is 43.5 Å². The third kappa shape index (κ3) is 4.22. The number of nitrogens with one attached hydrogen (secondary N) is 1. The molecule has 0 aliphatic carbocycles. The van der Waals surface area contributed by atoms with Crippen molar-refractivity contribution in [2.24, 2.45) is 0 Å². The average molecular weight is 263 g/mol. The number of rotatable bonds is 7. The molecule has 3 nitrogen and oxygen atoms in total. The van der Waals surface area contributed by atoms with Gasteiger partial charge in [-0.2, -0.15) is 0 Å². The molecule has 0 bridgehead atoms. The molecule has 0 aromatic heterocycles. The van der Waals surface area contributed by atoms with Crippen LogP contribution in [0, 0.1) is 0 Å². The Morgan fingerprint density at radius 1 is 1.32 bits per heavy atom. The largest absolute Gasteiger partial charge is 0.491 e. The summed E-state index contributed by atoms with van der Waals surface area (Å²) in [6, 6.07) is 8.87. The van der Waals surface area contributed by atoms with E-state index in [0.29, 0.717) is 12.6 Å². The Balaban J connectivity index is 1.86. The van der Waals surface area contributed by atoms with Gasteiger partial charge in [-0.15, -0.1) is 0 Å². The number of hydrogen-bond donors (Lipinski definition) is 1. The third-order valence-electron chi connectivity index (χ3n) is 3.60. The topological polar surface area (TPSA) is 30.5 Å². The lowest BCUT2D eigenvalue weighted by Gasteiger charge is -2.17. The molecule has 106 valence electrons. The van der Waals surface area contributed by atoms with Gasteiger partial charge in [0.2, 0.25) is 0 Å². The minimum atomic E-state index is 0.282. The van der Waals surface area contributed by atoms with Crippen molar-refractivity contribution in [2.75, 3.05) is 19.8 Å². The zero-order valence-corrected chi connectivity index (χ0v) is 12.0. The first-order chi connectivity index (χ1) is 9.33. The smallest absolute Gasteiger partial charge is 0.119 e. The Kier molecular flexibility index (Phi) is 5.67. The van der Waals surface area contributed by atoms with Crippen LogP contribution in [0.4, 0.5) is 0 Å². The van der Waals surface area contributed by atoms with E-state index in [1.807, 2.05) is 0 Å². The van der Waals surface area contributed by atoms with Gasteiger partial charge >= 0.3 is 0 Å². The Labute approximate surface area is 116 Å². The molecule has 1 fully saturated rings. The number of ether oxygens (including phenoxy) is 2. The molecular formula is C16H25NO2. The van der Waals surface area contributed by atoms with Crippen molar-refractivity contribution in [3.8, 4) is 5.75 Å². The highest BCUT2D eigenvalue weighted by atomic mass is 16.5. The van der Waals surface area contributed by atoms with Crippen LogP contribution in [0.25, 0.3) is 0 Å². The molecule has 1 aromatic carbocycles. The van der Waals surface area contributed by atoms with E-state index in [2.05, 4.69) is 43.4 Å². The van der Waals surface area contributed by atoms with Crippen molar-refractivity contribution in [3.05, 3.63) is 29.8 Å². The first kappa shape index (κ1) is 14.4. The molecule has 0 saturated carbocycles. The fourth-order valence-electron chi connectivity index (χ4n) is 2.51. The van der Waals surface area contributed by atoms with E-state index in [-0.39, 0.29) is 6.10 Å². The van der Waals surface area contributed by atoms with Crippen LogP contribution in [-0.4, -0.2) is 25.9 Å². The van der Waals surface area contributed by atoms with Crippen LogP contribution in [0.5, 0.6) is 5.75 Å². The van der Waals surface area contributed by atoms with Crippen LogP contribution >= 0.6 is 0 Å². The maximum Gasteiger partial charge on any atom is 0.119 e. The van der Waals surface area contributed by atoms with Crippen LogP contribution in [-0.2, 0) is 4.74 Å². The molecule has 2 unspecified atom stereocenters. The standard InChI is InChI=1S/C16H25NO2/c1-3-16(17-4-2)13-7-9-14(10-8-13)19-12-15-6-5-11-18-15/h7-10,15-17H,3-6,11-12H2,1-2H3. The summed E-state index contributed by atoms with van der Waals surface area (Å²) in [6.07, 6.45) is 3.67. The minimum absolute atomic E-state index is 0.282. The van der Waals surface area contributed by atoms with Gasteiger partial charge in [0.05, 0.1) is 6.10 Å². The Morgan fingerprint density at radius 2 is 2.11 bits per heavy atom. The summed E-state index contributed by atoms with van der Waals surface area (Å²) in [7, 11) is 0. The number of benzene rings is 1. The SMILES string of the molecule is CCNC(CC)c1ccc(OCC2CCCO2)cc1. The van der Waals surface area contributed by atoms with Crippen molar-refractivity contribution in [1.29, 1.82) is 0 Å². The van der Waals surface area contributed by atoms with Crippen LogP contribution in [0.1, 0.15) is 44.7 Å². The lowest BCUT2D eigenvalue weighted by molar-refractivity contribution is 0.0679. The average Bonchev–Trinajstić information content (AvgIpc) is 2.96. The molecule has 2 rings (SSSR count). The molecule has 0 radical (unpaired) electrons. The molecule has 1 aliphatic rings. The van der Waals surface area contributed by atoms with Gasteiger partial charge in [0.15, 0.2) is 0 Å². The summed E-state index contributed by atoms with van der Waals surface area (Å²) in [4.78, 5) is 0. The van der Waals surface area contributed by atoms with Crippen molar-refractivity contribution < 1.29 is 9.47 Å². The summed E-state index contributed by atoms with van der Waals surface area (Å²) >= 11 is 0. The quantitative estimate of drug-likeness (QED) is 0.818. The Bertz CT molecular complexity index is 358. The molecule has 2 atom stereocenters. The molecule has 1 N–H and O–H groups in total. The number of hydrogen-bond acceptors (Lipinski definition) is 3. The molecule has 1 aliphatic heterocycles. The van der Waals surface area contributed by atoms with E-state index >= 15 is 0 Å². The van der Waals surface area contributed by atoms with E-state index < -0.39 is 0 Å². The van der Waals surface area contributed by atoms with Crippen LogP contribution in [0.2, 0.25) is 0 Å². The molecule has 0 amide bonds. The molecule has 0 spiro atoms. The van der Waals surface area contributed by atoms with E-state index in [0.717, 1.165) is 38.2 Å². The summed E-state index contributed by atoms with van der Waals surface area (Å²) in [6.45, 7) is 6.89. The summed E-state index contributed by atoms with van der Waals surface area (Å²) in [5, 5.41) is 3.48. The van der Waals surface area contributed by atoms with Crippen LogP contribution in [0.3, 0.4) is 0 Å². The second-order valence-corrected chi connectivity index (χ2v) is 5.03. The maximum absolute atomic E-state index is 5.77. The van der Waals surface area contributed by atoms with Crippen molar-refractivity contribution >= 4 is 0 Å². The maximum atomic E-state index is 5.77. The molecule has 1 saturated heterocycles. The summed E-state index contributed by atoms with van der Waals surface area (Å²) < 4.78 is 11.3. The lowest BCUT2D eigenvalue weighted by atomic mass is 10.0. The summed E-state index contributed by atoms with van der Waals surface area (Å²) in [5.41, 5.74) is 1.33. The highest BCUT2D eigenvalue weighted by Crippen LogP contribution is 2.21. The molecule has 19 heavy (non-hydrogen) atoms. The monoisotopic (exact) mass is 263 g/mol. The molecular weight excluding hydrogens is 238 g/mol. The minimum Gasteiger partial charge on any atom is -0.491 e. The van der Waals surface area contributed by atoms with Crippen LogP contribution < -0.4 is 10.1 Å². The predicted molar refractivity (Wildman–Crippen MR) is 77.6 cm³/mol. The Morgan fingerprint density at radius 3 is 2.68 bits per heavy atom. The van der Waals surface area contributed by atoms with Gasteiger partial charge in [-0.1, -0.05) is 26.0 Å². The fourth-order valence-corrected chi connectivity index (χ4v) is 2.51. The highest BCUT2D eigenvalue weighted by Gasteiger charge is 2.16. The fraction of sp³-hybridized carbons (Fsp3) is 0.625. The lowest BCUT2D eigenvalue weighted by Crippen LogP contribution is -2.20.